The standard InChI is InChI=1S/C23H25N3O6/c1-16(21(28)31-14-17-9-5-3-6-10-17)25(2)23(30)26-13-19(20(26)27)24-22(29)32-15-18-11-7-4-8-12-18/h3-12,16,19H,13-15H2,1-2H3,(H,24,29)/t16-,19?/m0/s1. The number of likely N-dealkylation sites (N-methyl/N-ethyl adjacent to an activating group) is 1. The number of hydrogen-bond donors (Lipinski definition) is 1. The maximum Gasteiger partial charge on any atom is 0.408 e. The van der Waals surface area contributed by atoms with Crippen LogP contribution in [0.2, 0.25) is 0 Å². The van der Waals surface area contributed by atoms with Gasteiger partial charge in [0, 0.05) is 7.05 Å². The van der Waals surface area contributed by atoms with Crippen LogP contribution >= 0.6 is 0 Å². The molecule has 0 aliphatic carbocycles. The molecular formula is C23H25N3O6. The van der Waals surface area contributed by atoms with Crippen molar-refractivity contribution < 1.29 is 28.7 Å². The molecule has 32 heavy (non-hydrogen) atoms. The van der Waals surface area contributed by atoms with Crippen LogP contribution in [0.4, 0.5) is 9.59 Å². The molecule has 2 aromatic rings. The summed E-state index contributed by atoms with van der Waals surface area (Å²) >= 11 is 0. The van der Waals surface area contributed by atoms with E-state index in [-0.39, 0.29) is 19.8 Å². The summed E-state index contributed by atoms with van der Waals surface area (Å²) in [5.41, 5.74) is 1.64. The highest BCUT2D eigenvalue weighted by Crippen LogP contribution is 2.15. The maximum absolute atomic E-state index is 12.6. The number of imide groups is 1. The molecule has 1 fully saturated rings. The largest absolute Gasteiger partial charge is 0.459 e. The smallest absolute Gasteiger partial charge is 0.408 e. The SMILES string of the molecule is C[C@@H](C(=O)OCc1ccccc1)N(C)C(=O)N1CC(NC(=O)OCc2ccccc2)C1=O. The molecule has 0 saturated carbocycles. The fourth-order valence-corrected chi connectivity index (χ4v) is 2.98. The molecule has 1 unspecified atom stereocenters. The van der Waals surface area contributed by atoms with Crippen LogP contribution in [0, 0.1) is 0 Å². The van der Waals surface area contributed by atoms with Crippen molar-refractivity contribution in [2.24, 2.45) is 0 Å². The average molecular weight is 439 g/mol. The molecule has 0 aromatic heterocycles. The third-order valence-corrected chi connectivity index (χ3v) is 5.11. The van der Waals surface area contributed by atoms with Crippen molar-refractivity contribution in [3.63, 3.8) is 0 Å². The van der Waals surface area contributed by atoms with Crippen molar-refractivity contribution in [1.82, 2.24) is 15.1 Å². The number of esters is 1. The van der Waals surface area contributed by atoms with Crippen molar-refractivity contribution in [3.05, 3.63) is 71.8 Å². The van der Waals surface area contributed by atoms with Gasteiger partial charge in [0.15, 0.2) is 0 Å². The zero-order valence-electron chi connectivity index (χ0n) is 17.9. The van der Waals surface area contributed by atoms with Crippen LogP contribution in [-0.2, 0) is 32.3 Å². The molecule has 2 aromatic carbocycles. The Balaban J connectivity index is 1.42. The van der Waals surface area contributed by atoms with Crippen LogP contribution < -0.4 is 5.32 Å². The highest BCUT2D eigenvalue weighted by atomic mass is 16.5. The number of ether oxygens (including phenoxy) is 2. The second kappa shape index (κ2) is 10.4. The number of urea groups is 1. The number of hydrogen-bond acceptors (Lipinski definition) is 6. The van der Waals surface area contributed by atoms with E-state index >= 15 is 0 Å². The molecule has 1 saturated heterocycles. The van der Waals surface area contributed by atoms with Crippen LogP contribution in [0.3, 0.4) is 0 Å². The number of nitrogens with one attached hydrogen (secondary N) is 1. The molecule has 0 spiro atoms. The van der Waals surface area contributed by atoms with E-state index in [0.29, 0.717) is 0 Å². The van der Waals surface area contributed by atoms with Gasteiger partial charge in [-0.3, -0.25) is 9.69 Å². The number of amides is 4. The zero-order valence-corrected chi connectivity index (χ0v) is 17.9. The van der Waals surface area contributed by atoms with E-state index in [2.05, 4.69) is 5.32 Å². The number of nitrogens with zero attached hydrogens (tertiary/aromatic N) is 2. The lowest BCUT2D eigenvalue weighted by atomic mass is 10.1. The molecule has 1 aliphatic heterocycles. The molecule has 0 radical (unpaired) electrons. The second-order valence-electron chi connectivity index (χ2n) is 7.37. The van der Waals surface area contributed by atoms with E-state index in [1.165, 1.54) is 14.0 Å². The predicted molar refractivity (Wildman–Crippen MR) is 114 cm³/mol. The summed E-state index contributed by atoms with van der Waals surface area (Å²) in [5.74, 6) is -1.15. The van der Waals surface area contributed by atoms with E-state index in [1.54, 1.807) is 0 Å². The Morgan fingerprint density at radius 1 is 1.00 bits per heavy atom. The first-order valence-corrected chi connectivity index (χ1v) is 10.1. The average Bonchev–Trinajstić information content (AvgIpc) is 2.83. The fraction of sp³-hybridized carbons (Fsp3) is 0.304. The second-order valence-corrected chi connectivity index (χ2v) is 7.37. The summed E-state index contributed by atoms with van der Waals surface area (Å²) in [7, 11) is 1.42. The molecule has 9 nitrogen and oxygen atoms in total. The lowest BCUT2D eigenvalue weighted by molar-refractivity contribution is -0.150. The first kappa shape index (κ1) is 22.8. The first-order chi connectivity index (χ1) is 15.4. The van der Waals surface area contributed by atoms with Crippen LogP contribution in [-0.4, -0.2) is 59.5 Å². The molecular weight excluding hydrogens is 414 g/mol. The van der Waals surface area contributed by atoms with Gasteiger partial charge in [-0.1, -0.05) is 60.7 Å². The summed E-state index contributed by atoms with van der Waals surface area (Å²) in [6.45, 7) is 1.67. The summed E-state index contributed by atoms with van der Waals surface area (Å²) in [6, 6.07) is 15.9. The van der Waals surface area contributed by atoms with Gasteiger partial charge in [0.1, 0.15) is 25.3 Å². The minimum atomic E-state index is -0.887. The van der Waals surface area contributed by atoms with E-state index in [4.69, 9.17) is 9.47 Å². The summed E-state index contributed by atoms with van der Waals surface area (Å²) in [6.07, 6.45) is -0.745. The van der Waals surface area contributed by atoms with Crippen LogP contribution in [0.1, 0.15) is 18.1 Å². The van der Waals surface area contributed by atoms with E-state index < -0.39 is 36.1 Å². The highest BCUT2D eigenvalue weighted by molar-refractivity contribution is 6.04. The number of likely N-dealkylation sites (tertiary alicyclic amines) is 1. The quantitative estimate of drug-likeness (QED) is 0.524. The molecule has 4 amide bonds. The third kappa shape index (κ3) is 5.63. The Hall–Kier alpha value is -3.88. The normalized spacial score (nSPS) is 15.9. The number of alkyl carbamates (subject to hydrolysis) is 1. The van der Waals surface area contributed by atoms with Crippen molar-refractivity contribution in [1.29, 1.82) is 0 Å². The molecule has 9 heteroatoms. The fourth-order valence-electron chi connectivity index (χ4n) is 2.98. The minimum absolute atomic E-state index is 0.00573. The topological polar surface area (TPSA) is 105 Å². The van der Waals surface area contributed by atoms with Crippen molar-refractivity contribution in [2.45, 2.75) is 32.2 Å². The highest BCUT2D eigenvalue weighted by Gasteiger charge is 2.44. The van der Waals surface area contributed by atoms with E-state index in [0.717, 1.165) is 20.9 Å². The number of benzene rings is 2. The van der Waals surface area contributed by atoms with Crippen molar-refractivity contribution in [2.75, 3.05) is 13.6 Å². The maximum atomic E-state index is 12.6. The zero-order chi connectivity index (χ0) is 23.1. The number of carbonyl (C=O) groups is 4. The Morgan fingerprint density at radius 2 is 1.53 bits per heavy atom. The van der Waals surface area contributed by atoms with Crippen LogP contribution in [0.15, 0.2) is 60.7 Å². The molecule has 0 bridgehead atoms. The summed E-state index contributed by atoms with van der Waals surface area (Å²) in [5, 5.41) is 2.44. The van der Waals surface area contributed by atoms with Gasteiger partial charge in [-0.25, -0.2) is 14.4 Å². The van der Waals surface area contributed by atoms with E-state index in [9.17, 15) is 19.2 Å². The predicted octanol–water partition coefficient (Wildman–Crippen LogP) is 2.31. The Kier molecular flexibility index (Phi) is 7.43. The molecule has 168 valence electrons. The lowest BCUT2D eigenvalue weighted by Crippen LogP contribution is -2.67. The van der Waals surface area contributed by atoms with Gasteiger partial charge < -0.3 is 19.7 Å². The van der Waals surface area contributed by atoms with Crippen molar-refractivity contribution >= 4 is 24.0 Å². The van der Waals surface area contributed by atoms with Gasteiger partial charge >= 0.3 is 18.1 Å². The monoisotopic (exact) mass is 439 g/mol. The van der Waals surface area contributed by atoms with Gasteiger partial charge in [-0.05, 0) is 18.1 Å². The van der Waals surface area contributed by atoms with Crippen LogP contribution in [0.5, 0.6) is 0 Å². The van der Waals surface area contributed by atoms with Gasteiger partial charge in [0.2, 0.25) is 0 Å². The molecule has 1 aliphatic rings. The minimum Gasteiger partial charge on any atom is -0.459 e. The van der Waals surface area contributed by atoms with Crippen molar-refractivity contribution in [3.8, 4) is 0 Å². The number of carbonyl (C=O) groups excluding carboxylic acids is 4. The van der Waals surface area contributed by atoms with Gasteiger partial charge in [-0.15, -0.1) is 0 Å². The number of β-lactam (4-membered cyclic amide) rings is 1. The Labute approximate surface area is 185 Å². The molecule has 3 rings (SSSR count). The first-order valence-electron chi connectivity index (χ1n) is 10.1. The number of rotatable bonds is 7. The summed E-state index contributed by atoms with van der Waals surface area (Å²) < 4.78 is 10.3. The van der Waals surface area contributed by atoms with Gasteiger partial charge in [0.05, 0.1) is 6.54 Å². The van der Waals surface area contributed by atoms with Crippen LogP contribution in [0.25, 0.3) is 0 Å². The van der Waals surface area contributed by atoms with Gasteiger partial charge in [-0.2, -0.15) is 0 Å². The third-order valence-electron chi connectivity index (χ3n) is 5.11. The van der Waals surface area contributed by atoms with Gasteiger partial charge in [0.25, 0.3) is 5.91 Å². The molecule has 1 N–H and O–H groups in total. The summed E-state index contributed by atoms with van der Waals surface area (Å²) in [4.78, 5) is 51.2. The Morgan fingerprint density at radius 3 is 2.06 bits per heavy atom. The van der Waals surface area contributed by atoms with E-state index in [1.807, 2.05) is 60.7 Å². The lowest BCUT2D eigenvalue weighted by Gasteiger charge is -2.39. The molecule has 1 heterocycles. The Bertz CT molecular complexity index is 966. The molecule has 2 atom stereocenters.